The van der Waals surface area contributed by atoms with Gasteiger partial charge in [0.15, 0.2) is 5.82 Å². The van der Waals surface area contributed by atoms with Gasteiger partial charge in [-0.3, -0.25) is 4.68 Å². The molecule has 0 aliphatic carbocycles. The summed E-state index contributed by atoms with van der Waals surface area (Å²) in [5, 5.41) is 13.4. The first kappa shape index (κ1) is 28.2. The molecule has 0 unspecified atom stereocenters. The van der Waals surface area contributed by atoms with Crippen LogP contribution in [0.2, 0.25) is 0 Å². The maximum atomic E-state index is 5.40. The standard InChI is InChI=1S/C35H40N8O/c1-40-20-22-41(23-21-40)29-12-10-28(11-13-29)37-32-24-31-33(27-6-4-3-5-7-27)39-43(25-26-8-14-30(44-2)15-9-26)34(31)35(38-32)42-18-16-36-17-19-42/h3-15,24,36H,16-23,25H2,1-2H3,(H,37,38). The number of pyridine rings is 1. The van der Waals surface area contributed by atoms with Gasteiger partial charge in [0.2, 0.25) is 0 Å². The zero-order chi connectivity index (χ0) is 29.9. The predicted octanol–water partition coefficient (Wildman–Crippen LogP) is 5.06. The lowest BCUT2D eigenvalue weighted by molar-refractivity contribution is 0.313. The molecular formula is C35H40N8O. The number of rotatable bonds is 8. The highest BCUT2D eigenvalue weighted by Crippen LogP contribution is 2.36. The van der Waals surface area contributed by atoms with Crippen molar-refractivity contribution in [2.45, 2.75) is 6.54 Å². The van der Waals surface area contributed by atoms with Crippen molar-refractivity contribution in [1.29, 1.82) is 0 Å². The van der Waals surface area contributed by atoms with Gasteiger partial charge in [0.1, 0.15) is 22.8 Å². The molecule has 0 amide bonds. The summed E-state index contributed by atoms with van der Waals surface area (Å²) in [5.41, 5.74) is 6.54. The number of nitrogens with one attached hydrogen (secondary N) is 2. The van der Waals surface area contributed by atoms with E-state index in [1.807, 2.05) is 18.2 Å². The Balaban J connectivity index is 1.29. The molecule has 3 aromatic carbocycles. The van der Waals surface area contributed by atoms with Gasteiger partial charge < -0.3 is 30.1 Å². The van der Waals surface area contributed by atoms with E-state index in [4.69, 9.17) is 14.8 Å². The third-order valence-electron chi connectivity index (χ3n) is 8.67. The van der Waals surface area contributed by atoms with E-state index in [0.29, 0.717) is 6.54 Å². The van der Waals surface area contributed by atoms with Crippen molar-refractivity contribution in [2.75, 3.05) is 81.6 Å². The average molecular weight is 589 g/mol. The molecule has 44 heavy (non-hydrogen) atoms. The van der Waals surface area contributed by atoms with Crippen LogP contribution >= 0.6 is 0 Å². The lowest BCUT2D eigenvalue weighted by Crippen LogP contribution is -2.44. The third kappa shape index (κ3) is 5.93. The number of anilines is 4. The van der Waals surface area contributed by atoms with Crippen LogP contribution in [0, 0.1) is 0 Å². The Bertz CT molecular complexity index is 1690. The zero-order valence-electron chi connectivity index (χ0n) is 25.5. The second-order valence-corrected chi connectivity index (χ2v) is 11.6. The number of ether oxygens (including phenoxy) is 1. The molecule has 2 saturated heterocycles. The van der Waals surface area contributed by atoms with Crippen LogP contribution in [0.15, 0.2) is 84.9 Å². The van der Waals surface area contributed by atoms with Gasteiger partial charge >= 0.3 is 0 Å². The van der Waals surface area contributed by atoms with Crippen LogP contribution in [0.5, 0.6) is 5.75 Å². The molecule has 0 atom stereocenters. The van der Waals surface area contributed by atoms with E-state index in [1.54, 1.807) is 7.11 Å². The molecular weight excluding hydrogens is 548 g/mol. The number of methoxy groups -OCH3 is 1. The fraction of sp³-hybridized carbons (Fsp3) is 0.314. The van der Waals surface area contributed by atoms with Gasteiger partial charge in [-0.05, 0) is 55.1 Å². The number of nitrogens with zero attached hydrogens (tertiary/aromatic N) is 6. The highest BCUT2D eigenvalue weighted by Gasteiger charge is 2.23. The van der Waals surface area contributed by atoms with Crippen molar-refractivity contribution in [3.8, 4) is 17.0 Å². The largest absolute Gasteiger partial charge is 0.497 e. The Kier molecular flexibility index (Phi) is 8.04. The maximum absolute atomic E-state index is 5.40. The smallest absolute Gasteiger partial charge is 0.157 e. The van der Waals surface area contributed by atoms with Crippen molar-refractivity contribution in [1.82, 2.24) is 25.0 Å². The number of hydrogen-bond acceptors (Lipinski definition) is 8. The molecule has 4 heterocycles. The molecule has 9 heteroatoms. The molecule has 2 N–H and O–H groups in total. The molecule has 2 aliphatic heterocycles. The monoisotopic (exact) mass is 588 g/mol. The van der Waals surface area contributed by atoms with Crippen LogP contribution in [0.4, 0.5) is 23.0 Å². The number of likely N-dealkylation sites (N-methyl/N-ethyl adjacent to an activating group) is 1. The highest BCUT2D eigenvalue weighted by molar-refractivity contribution is 6.01. The Labute approximate surface area is 259 Å². The summed E-state index contributed by atoms with van der Waals surface area (Å²) in [7, 11) is 3.88. The second kappa shape index (κ2) is 12.6. The molecule has 0 saturated carbocycles. The van der Waals surface area contributed by atoms with E-state index in [2.05, 4.69) is 104 Å². The summed E-state index contributed by atoms with van der Waals surface area (Å²) >= 11 is 0. The first-order valence-corrected chi connectivity index (χ1v) is 15.5. The topological polar surface area (TPSA) is 73.7 Å². The second-order valence-electron chi connectivity index (χ2n) is 11.6. The Morgan fingerprint density at radius 2 is 1.55 bits per heavy atom. The van der Waals surface area contributed by atoms with Crippen LogP contribution in [-0.2, 0) is 6.54 Å². The third-order valence-corrected chi connectivity index (χ3v) is 8.67. The lowest BCUT2D eigenvalue weighted by atomic mass is 10.1. The highest BCUT2D eigenvalue weighted by atomic mass is 16.5. The Morgan fingerprint density at radius 1 is 0.818 bits per heavy atom. The van der Waals surface area contributed by atoms with E-state index < -0.39 is 0 Å². The van der Waals surface area contributed by atoms with E-state index in [1.165, 1.54) is 5.69 Å². The summed E-state index contributed by atoms with van der Waals surface area (Å²) in [5.74, 6) is 2.63. The summed E-state index contributed by atoms with van der Waals surface area (Å²) < 4.78 is 7.52. The first-order chi connectivity index (χ1) is 21.6. The average Bonchev–Trinajstić information content (AvgIpc) is 3.44. The van der Waals surface area contributed by atoms with Gasteiger partial charge in [-0.15, -0.1) is 0 Å². The van der Waals surface area contributed by atoms with Crippen molar-refractivity contribution >= 4 is 33.9 Å². The molecule has 0 bridgehead atoms. The minimum Gasteiger partial charge on any atom is -0.497 e. The minimum atomic E-state index is 0.634. The quantitative estimate of drug-likeness (QED) is 0.261. The molecule has 226 valence electrons. The van der Waals surface area contributed by atoms with Crippen LogP contribution < -0.4 is 25.2 Å². The molecule has 2 aliphatic rings. The summed E-state index contributed by atoms with van der Waals surface area (Å²) in [6.45, 7) is 8.55. The van der Waals surface area contributed by atoms with Gasteiger partial charge in [-0.2, -0.15) is 5.10 Å². The normalized spacial score (nSPS) is 16.0. The number of benzene rings is 3. The first-order valence-electron chi connectivity index (χ1n) is 15.5. The lowest BCUT2D eigenvalue weighted by Gasteiger charge is -2.34. The Hall–Kier alpha value is -4.60. The van der Waals surface area contributed by atoms with Gasteiger partial charge in [0.05, 0.1) is 13.7 Å². The summed E-state index contributed by atoms with van der Waals surface area (Å²) in [6, 6.07) is 29.6. The van der Waals surface area contributed by atoms with E-state index >= 15 is 0 Å². The van der Waals surface area contributed by atoms with Gasteiger partial charge in [-0.1, -0.05) is 42.5 Å². The van der Waals surface area contributed by atoms with Crippen LogP contribution in [-0.4, -0.2) is 86.2 Å². The zero-order valence-corrected chi connectivity index (χ0v) is 25.5. The summed E-state index contributed by atoms with van der Waals surface area (Å²) in [6.07, 6.45) is 0. The molecule has 7 rings (SSSR count). The number of aromatic nitrogens is 3. The summed E-state index contributed by atoms with van der Waals surface area (Å²) in [4.78, 5) is 12.5. The van der Waals surface area contributed by atoms with Crippen molar-refractivity contribution < 1.29 is 4.74 Å². The maximum Gasteiger partial charge on any atom is 0.157 e. The number of piperazine rings is 2. The van der Waals surface area contributed by atoms with Crippen LogP contribution in [0.3, 0.4) is 0 Å². The number of hydrogen-bond donors (Lipinski definition) is 2. The van der Waals surface area contributed by atoms with E-state index in [-0.39, 0.29) is 0 Å². The molecule has 0 spiro atoms. The van der Waals surface area contributed by atoms with Crippen molar-refractivity contribution in [3.63, 3.8) is 0 Å². The van der Waals surface area contributed by atoms with Gasteiger partial charge in [-0.25, -0.2) is 4.98 Å². The molecule has 0 radical (unpaired) electrons. The molecule has 2 fully saturated rings. The Morgan fingerprint density at radius 3 is 2.25 bits per heavy atom. The fourth-order valence-corrected chi connectivity index (χ4v) is 6.14. The van der Waals surface area contributed by atoms with Crippen LogP contribution in [0.1, 0.15) is 5.56 Å². The van der Waals surface area contributed by atoms with Crippen molar-refractivity contribution in [2.24, 2.45) is 0 Å². The fourth-order valence-electron chi connectivity index (χ4n) is 6.14. The minimum absolute atomic E-state index is 0.634. The van der Waals surface area contributed by atoms with E-state index in [9.17, 15) is 0 Å². The SMILES string of the molecule is COc1ccc(Cn2nc(-c3ccccc3)c3cc(Nc4ccc(N5CCN(C)CC5)cc4)nc(N4CCNCC4)c32)cc1. The molecule has 2 aromatic heterocycles. The predicted molar refractivity (Wildman–Crippen MR) is 180 cm³/mol. The van der Waals surface area contributed by atoms with Gasteiger partial charge in [0.25, 0.3) is 0 Å². The molecule has 9 nitrogen and oxygen atoms in total. The van der Waals surface area contributed by atoms with Crippen LogP contribution in [0.25, 0.3) is 22.2 Å². The van der Waals surface area contributed by atoms with E-state index in [0.717, 1.165) is 103 Å². The van der Waals surface area contributed by atoms with Gasteiger partial charge in [0, 0.05) is 74.7 Å². The molecule has 5 aromatic rings. The number of fused-ring (bicyclic) bond motifs is 1. The van der Waals surface area contributed by atoms with Crippen molar-refractivity contribution in [3.05, 3.63) is 90.5 Å².